The Morgan fingerprint density at radius 3 is 2.27 bits per heavy atom. The predicted octanol–water partition coefficient (Wildman–Crippen LogP) is 5.14. The molecule has 2 aromatic carbocycles. The number of fused-ring (bicyclic) bond motifs is 2. The number of imide groups is 1. The standard InChI is InChI=1S/C46H48N10O3/c47-23-37-25-49-56-28-36(22-40(45(37)56)33-5-11-42(48-24-33)55-26-34-21-35(34)27-55)31-3-8-39(9-4-31)53-17-19-54(20-18-53)44(58)29-52-15-13-32(14-16-52)30-1-6-38(7-2-30)50-41-10-12-43(57)51-46(41)59/h1-9,11,22,24-25,28,32,34-35,41,50H,10,12-21,26-27,29H2,(H,51,57,59). The number of piperazine rings is 1. The molecule has 0 radical (unpaired) electrons. The zero-order valence-corrected chi connectivity index (χ0v) is 33.1. The average Bonchev–Trinajstić information content (AvgIpc) is 3.65. The van der Waals surface area contributed by atoms with E-state index in [1.807, 2.05) is 33.9 Å². The molecule has 4 saturated heterocycles. The SMILES string of the molecule is N#Cc1cnn2cc(-c3ccc(N4CCN(C(=O)CN5CCC(c6ccc(NC7CCC(=O)NC7=O)cc6)CC5)CC4)cc3)cc(-c3ccc(N4CC5CC5C4)nc3)c12. The topological polar surface area (TPSA) is 142 Å². The van der Waals surface area contributed by atoms with Crippen LogP contribution in [0.2, 0.25) is 0 Å². The summed E-state index contributed by atoms with van der Waals surface area (Å²) in [6, 6.07) is 25.2. The van der Waals surface area contributed by atoms with Crippen molar-refractivity contribution in [2.24, 2.45) is 11.8 Å². The molecule has 2 N–H and O–H groups in total. The number of anilines is 3. The number of nitrogens with one attached hydrogen (secondary N) is 2. The van der Waals surface area contributed by atoms with Gasteiger partial charge in [-0.05, 0) is 110 Å². The van der Waals surface area contributed by atoms with Gasteiger partial charge in [-0.25, -0.2) is 9.50 Å². The van der Waals surface area contributed by atoms with Gasteiger partial charge in [0, 0.05) is 86.1 Å². The molecule has 7 heterocycles. The van der Waals surface area contributed by atoms with E-state index < -0.39 is 6.04 Å². The first-order chi connectivity index (χ1) is 28.8. The highest BCUT2D eigenvalue weighted by atomic mass is 16.2. The van der Waals surface area contributed by atoms with Crippen LogP contribution in [-0.4, -0.2) is 107 Å². The van der Waals surface area contributed by atoms with E-state index in [4.69, 9.17) is 4.98 Å². The first kappa shape index (κ1) is 37.0. The highest BCUT2D eigenvalue weighted by Gasteiger charge is 2.45. The number of nitrogens with zero attached hydrogens (tertiary/aromatic N) is 8. The largest absolute Gasteiger partial charge is 0.374 e. The van der Waals surface area contributed by atoms with Crippen molar-refractivity contribution in [3.63, 3.8) is 0 Å². The molecule has 1 aliphatic carbocycles. The second-order valence-corrected chi connectivity index (χ2v) is 16.9. The Hall–Kier alpha value is -6.26. The maximum Gasteiger partial charge on any atom is 0.249 e. The molecule has 0 bridgehead atoms. The number of rotatable bonds is 9. The number of piperidine rings is 3. The fourth-order valence-electron chi connectivity index (χ4n) is 9.58. The highest BCUT2D eigenvalue weighted by molar-refractivity contribution is 6.01. The van der Waals surface area contributed by atoms with Crippen molar-refractivity contribution in [3.8, 4) is 28.3 Å². The van der Waals surface area contributed by atoms with Crippen molar-refractivity contribution in [2.45, 2.75) is 44.1 Å². The zero-order chi connectivity index (χ0) is 40.0. The van der Waals surface area contributed by atoms with Crippen LogP contribution in [0.1, 0.15) is 49.1 Å². The van der Waals surface area contributed by atoms with Crippen LogP contribution >= 0.6 is 0 Å². The summed E-state index contributed by atoms with van der Waals surface area (Å²) in [6.07, 6.45) is 9.75. The molecule has 5 aromatic rings. The van der Waals surface area contributed by atoms with Gasteiger partial charge in [0.15, 0.2) is 0 Å². The third-order valence-electron chi connectivity index (χ3n) is 13.2. The number of nitriles is 1. The maximum atomic E-state index is 13.4. The molecule has 300 valence electrons. The van der Waals surface area contributed by atoms with Crippen molar-refractivity contribution >= 4 is 40.4 Å². The first-order valence-electron chi connectivity index (χ1n) is 21.0. The van der Waals surface area contributed by atoms with Gasteiger partial charge in [-0.2, -0.15) is 10.4 Å². The van der Waals surface area contributed by atoms with Gasteiger partial charge in [-0.1, -0.05) is 24.3 Å². The molecule has 10 rings (SSSR count). The van der Waals surface area contributed by atoms with Crippen molar-refractivity contribution in [1.29, 1.82) is 5.26 Å². The number of carbonyl (C=O) groups is 3. The number of aromatic nitrogens is 3. The number of carbonyl (C=O) groups excluding carboxylic acids is 3. The lowest BCUT2D eigenvalue weighted by atomic mass is 9.89. The fraction of sp³-hybridized carbons (Fsp3) is 0.391. The summed E-state index contributed by atoms with van der Waals surface area (Å²) in [7, 11) is 0. The van der Waals surface area contributed by atoms with Crippen LogP contribution in [0.25, 0.3) is 27.8 Å². The van der Waals surface area contributed by atoms with E-state index in [0.29, 0.717) is 44.0 Å². The number of likely N-dealkylation sites (tertiary alicyclic amines) is 1. The molecule has 3 atom stereocenters. The number of benzene rings is 2. The summed E-state index contributed by atoms with van der Waals surface area (Å²) in [5.74, 6) is 2.84. The molecule has 3 amide bonds. The zero-order valence-electron chi connectivity index (χ0n) is 33.1. The van der Waals surface area contributed by atoms with E-state index in [2.05, 4.69) is 91.1 Å². The van der Waals surface area contributed by atoms with E-state index in [9.17, 15) is 19.6 Å². The molecular weight excluding hydrogens is 741 g/mol. The lowest BCUT2D eigenvalue weighted by Crippen LogP contribution is -2.51. The van der Waals surface area contributed by atoms with Crippen LogP contribution in [0, 0.1) is 23.2 Å². The number of hydrogen-bond acceptors (Lipinski definition) is 10. The van der Waals surface area contributed by atoms with E-state index in [1.165, 1.54) is 12.0 Å². The lowest BCUT2D eigenvalue weighted by molar-refractivity contribution is -0.134. The molecule has 0 spiro atoms. The molecule has 5 fully saturated rings. The third-order valence-corrected chi connectivity index (χ3v) is 13.2. The summed E-state index contributed by atoms with van der Waals surface area (Å²) in [5, 5.41) is 20.1. The Kier molecular flexibility index (Phi) is 9.72. The van der Waals surface area contributed by atoms with Gasteiger partial charge in [-0.15, -0.1) is 0 Å². The molecule has 1 saturated carbocycles. The lowest BCUT2D eigenvalue weighted by Gasteiger charge is -2.38. The number of hydrogen-bond donors (Lipinski definition) is 2. The minimum absolute atomic E-state index is 0.198. The first-order valence-corrected chi connectivity index (χ1v) is 21.0. The van der Waals surface area contributed by atoms with E-state index in [1.54, 1.807) is 6.20 Å². The van der Waals surface area contributed by atoms with Crippen molar-refractivity contribution < 1.29 is 14.4 Å². The number of amides is 3. The van der Waals surface area contributed by atoms with Crippen LogP contribution in [0.15, 0.2) is 85.3 Å². The minimum atomic E-state index is -0.391. The van der Waals surface area contributed by atoms with Gasteiger partial charge in [-0.3, -0.25) is 24.6 Å². The quantitative estimate of drug-likeness (QED) is 0.193. The van der Waals surface area contributed by atoms with Crippen LogP contribution in [0.5, 0.6) is 0 Å². The van der Waals surface area contributed by atoms with Gasteiger partial charge < -0.3 is 20.0 Å². The molecule has 59 heavy (non-hydrogen) atoms. The third kappa shape index (κ3) is 7.60. The maximum absolute atomic E-state index is 13.4. The molecule has 13 nitrogen and oxygen atoms in total. The Morgan fingerprint density at radius 2 is 1.58 bits per heavy atom. The van der Waals surface area contributed by atoms with E-state index in [0.717, 1.165) is 109 Å². The Morgan fingerprint density at radius 1 is 0.831 bits per heavy atom. The molecule has 3 aromatic heterocycles. The molecule has 3 unspecified atom stereocenters. The second-order valence-electron chi connectivity index (χ2n) is 16.9. The van der Waals surface area contributed by atoms with E-state index >= 15 is 0 Å². The summed E-state index contributed by atoms with van der Waals surface area (Å²) < 4.78 is 1.81. The highest BCUT2D eigenvalue weighted by Crippen LogP contribution is 2.46. The van der Waals surface area contributed by atoms with Crippen molar-refractivity contribution in [2.75, 3.05) is 74.0 Å². The number of pyridine rings is 2. The van der Waals surface area contributed by atoms with Gasteiger partial charge in [0.25, 0.3) is 0 Å². The Bertz CT molecular complexity index is 2410. The minimum Gasteiger partial charge on any atom is -0.374 e. The van der Waals surface area contributed by atoms with Crippen LogP contribution in [-0.2, 0) is 14.4 Å². The van der Waals surface area contributed by atoms with Gasteiger partial charge in [0.05, 0.1) is 23.8 Å². The van der Waals surface area contributed by atoms with Crippen molar-refractivity contribution in [1.82, 2.24) is 29.7 Å². The van der Waals surface area contributed by atoms with Gasteiger partial charge in [0.2, 0.25) is 17.7 Å². The van der Waals surface area contributed by atoms with Gasteiger partial charge in [0.1, 0.15) is 17.9 Å². The summed E-state index contributed by atoms with van der Waals surface area (Å²) in [5.41, 5.74) is 8.56. The molecular formula is C46H48N10O3. The van der Waals surface area contributed by atoms with E-state index in [-0.39, 0.29) is 17.7 Å². The Labute approximate surface area is 343 Å². The van der Waals surface area contributed by atoms with Gasteiger partial charge >= 0.3 is 0 Å². The average molecular weight is 789 g/mol. The van der Waals surface area contributed by atoms with Crippen LogP contribution in [0.4, 0.5) is 17.2 Å². The summed E-state index contributed by atoms with van der Waals surface area (Å²) in [6.45, 7) is 7.37. The molecule has 13 heteroatoms. The normalized spacial score (nSPS) is 22.3. The summed E-state index contributed by atoms with van der Waals surface area (Å²) in [4.78, 5) is 50.9. The predicted molar refractivity (Wildman–Crippen MR) is 226 cm³/mol. The fourth-order valence-corrected chi connectivity index (χ4v) is 9.58. The molecule has 4 aliphatic heterocycles. The van der Waals surface area contributed by atoms with Crippen molar-refractivity contribution in [3.05, 3.63) is 96.4 Å². The molecule has 5 aliphatic rings. The second kappa shape index (κ2) is 15.5. The van der Waals surface area contributed by atoms with Crippen LogP contribution in [0.3, 0.4) is 0 Å². The smallest absolute Gasteiger partial charge is 0.249 e. The van der Waals surface area contributed by atoms with Crippen LogP contribution < -0.4 is 20.4 Å². The monoisotopic (exact) mass is 788 g/mol. The summed E-state index contributed by atoms with van der Waals surface area (Å²) >= 11 is 0. The Balaban J connectivity index is 0.723.